The molecule has 1 aliphatic heterocycles. The van der Waals surface area contributed by atoms with Crippen molar-refractivity contribution in [1.29, 1.82) is 0 Å². The number of nitrogens with zero attached hydrogens (tertiary/aromatic N) is 3. The van der Waals surface area contributed by atoms with Crippen LogP contribution in [0.1, 0.15) is 6.92 Å². The summed E-state index contributed by atoms with van der Waals surface area (Å²) in [5.41, 5.74) is 4.41. The molecule has 0 amide bonds. The molecule has 1 aromatic heterocycles. The number of benzene rings is 2. The fraction of sp³-hybridized carbons (Fsp3) is 0.292. The average molecular weight is 420 g/mol. The molecule has 1 fully saturated rings. The summed E-state index contributed by atoms with van der Waals surface area (Å²) in [6.07, 6.45) is 3.91. The average Bonchev–Trinajstić information content (AvgIpc) is 2.80. The lowest BCUT2D eigenvalue weighted by atomic mass is 10.2. The minimum Gasteiger partial charge on any atom is -0.369 e. The second kappa shape index (κ2) is 9.87. The Hall–Kier alpha value is -2.70. The van der Waals surface area contributed by atoms with Crippen molar-refractivity contribution in [3.8, 4) is 0 Å². The van der Waals surface area contributed by atoms with E-state index in [0.29, 0.717) is 0 Å². The highest BCUT2D eigenvalue weighted by molar-refractivity contribution is 7.98. The number of pyridine rings is 1. The summed E-state index contributed by atoms with van der Waals surface area (Å²) in [6.45, 7) is 7.83. The maximum atomic E-state index is 4.47. The van der Waals surface area contributed by atoms with Gasteiger partial charge in [0.1, 0.15) is 5.82 Å². The molecule has 156 valence electrons. The van der Waals surface area contributed by atoms with Gasteiger partial charge in [-0.3, -0.25) is 0 Å². The lowest BCUT2D eigenvalue weighted by Crippen LogP contribution is -2.46. The fourth-order valence-electron chi connectivity index (χ4n) is 3.67. The van der Waals surface area contributed by atoms with Gasteiger partial charge >= 0.3 is 0 Å². The van der Waals surface area contributed by atoms with E-state index in [2.05, 4.69) is 87.1 Å². The molecule has 2 heterocycles. The van der Waals surface area contributed by atoms with Gasteiger partial charge < -0.3 is 20.4 Å². The van der Waals surface area contributed by atoms with Crippen molar-refractivity contribution in [2.24, 2.45) is 0 Å². The van der Waals surface area contributed by atoms with Gasteiger partial charge in [-0.25, -0.2) is 4.98 Å². The highest BCUT2D eigenvalue weighted by Gasteiger charge is 2.15. The van der Waals surface area contributed by atoms with Crippen LogP contribution in [0.4, 0.5) is 28.6 Å². The van der Waals surface area contributed by atoms with Crippen molar-refractivity contribution < 1.29 is 0 Å². The summed E-state index contributed by atoms with van der Waals surface area (Å²) < 4.78 is 0. The van der Waals surface area contributed by atoms with Crippen molar-refractivity contribution in [2.75, 3.05) is 54.5 Å². The molecule has 0 bridgehead atoms. The molecular weight excluding hydrogens is 390 g/mol. The Balaban J connectivity index is 1.39. The Morgan fingerprint density at radius 3 is 2.37 bits per heavy atom. The topological polar surface area (TPSA) is 43.4 Å². The number of hydrogen-bond acceptors (Lipinski definition) is 6. The van der Waals surface area contributed by atoms with Gasteiger partial charge in [-0.1, -0.05) is 13.0 Å². The first-order chi connectivity index (χ1) is 14.7. The maximum absolute atomic E-state index is 4.47. The van der Waals surface area contributed by atoms with E-state index < -0.39 is 0 Å². The van der Waals surface area contributed by atoms with E-state index in [9.17, 15) is 0 Å². The first kappa shape index (κ1) is 20.6. The van der Waals surface area contributed by atoms with Crippen molar-refractivity contribution in [3.05, 3.63) is 66.9 Å². The zero-order valence-corrected chi connectivity index (χ0v) is 18.5. The Bertz CT molecular complexity index is 952. The van der Waals surface area contributed by atoms with Crippen LogP contribution in [-0.2, 0) is 0 Å². The standard InChI is InChI=1S/C24H29N5S/c1-3-28-13-15-29(16-14-28)22-9-7-19(8-10-22)27-24-18-21(11-12-25-24)26-20-5-4-6-23(17-20)30-2/h4-12,17-18H,3,13-16H2,1-2H3,(H2,25,26,27). The number of piperazine rings is 1. The second-order valence-electron chi connectivity index (χ2n) is 7.38. The van der Waals surface area contributed by atoms with E-state index in [-0.39, 0.29) is 0 Å². The normalized spacial score (nSPS) is 14.5. The first-order valence-corrected chi connectivity index (χ1v) is 11.7. The molecule has 1 aliphatic rings. The largest absolute Gasteiger partial charge is 0.369 e. The molecule has 30 heavy (non-hydrogen) atoms. The molecule has 6 heteroatoms. The summed E-state index contributed by atoms with van der Waals surface area (Å²) in [4.78, 5) is 10.7. The predicted octanol–water partition coefficient (Wildman–Crippen LogP) is 5.43. The quantitative estimate of drug-likeness (QED) is 0.498. The lowest BCUT2D eigenvalue weighted by molar-refractivity contribution is 0.271. The fourth-order valence-corrected chi connectivity index (χ4v) is 4.13. The molecule has 3 aromatic rings. The van der Waals surface area contributed by atoms with Gasteiger partial charge in [0.2, 0.25) is 0 Å². The minimum atomic E-state index is 0.824. The Kier molecular flexibility index (Phi) is 6.77. The molecule has 1 saturated heterocycles. The van der Waals surface area contributed by atoms with Gasteiger partial charge in [0.25, 0.3) is 0 Å². The Morgan fingerprint density at radius 2 is 1.63 bits per heavy atom. The van der Waals surface area contributed by atoms with Gasteiger partial charge in [0.05, 0.1) is 0 Å². The third-order valence-corrected chi connectivity index (χ3v) is 6.17. The Morgan fingerprint density at radius 1 is 0.867 bits per heavy atom. The number of thioether (sulfide) groups is 1. The van der Waals surface area contributed by atoms with Crippen LogP contribution in [0.5, 0.6) is 0 Å². The van der Waals surface area contributed by atoms with Crippen LogP contribution in [0.2, 0.25) is 0 Å². The van der Waals surface area contributed by atoms with Crippen LogP contribution in [0, 0.1) is 0 Å². The summed E-state index contributed by atoms with van der Waals surface area (Å²) >= 11 is 1.74. The Labute approximate surface area is 183 Å². The number of hydrogen-bond donors (Lipinski definition) is 2. The van der Waals surface area contributed by atoms with E-state index in [0.717, 1.165) is 55.6 Å². The van der Waals surface area contributed by atoms with Crippen LogP contribution in [-0.4, -0.2) is 48.9 Å². The molecule has 4 rings (SSSR count). The summed E-state index contributed by atoms with van der Waals surface area (Å²) in [7, 11) is 0. The maximum Gasteiger partial charge on any atom is 0.132 e. The molecule has 2 aromatic carbocycles. The van der Waals surface area contributed by atoms with Gasteiger partial charge in [-0.15, -0.1) is 11.8 Å². The van der Waals surface area contributed by atoms with Gasteiger partial charge in [-0.2, -0.15) is 0 Å². The molecule has 0 unspecified atom stereocenters. The molecule has 0 spiro atoms. The van der Waals surface area contributed by atoms with Crippen LogP contribution >= 0.6 is 11.8 Å². The first-order valence-electron chi connectivity index (χ1n) is 10.4. The third kappa shape index (κ3) is 5.26. The van der Waals surface area contributed by atoms with E-state index in [1.54, 1.807) is 11.8 Å². The van der Waals surface area contributed by atoms with Crippen LogP contribution in [0.3, 0.4) is 0 Å². The van der Waals surface area contributed by atoms with E-state index in [1.807, 2.05) is 18.3 Å². The predicted molar refractivity (Wildman–Crippen MR) is 130 cm³/mol. The van der Waals surface area contributed by atoms with Crippen molar-refractivity contribution in [3.63, 3.8) is 0 Å². The number of nitrogens with one attached hydrogen (secondary N) is 2. The summed E-state index contributed by atoms with van der Waals surface area (Å²) in [6, 6.07) is 21.1. The molecule has 0 saturated carbocycles. The summed E-state index contributed by atoms with van der Waals surface area (Å²) in [5, 5.41) is 6.88. The SMILES string of the molecule is CCN1CCN(c2ccc(Nc3cc(Nc4cccc(SC)c4)ccn3)cc2)CC1. The molecule has 5 nitrogen and oxygen atoms in total. The highest BCUT2D eigenvalue weighted by Crippen LogP contribution is 2.25. The van der Waals surface area contributed by atoms with E-state index >= 15 is 0 Å². The number of rotatable bonds is 7. The van der Waals surface area contributed by atoms with Gasteiger partial charge in [0.15, 0.2) is 0 Å². The smallest absolute Gasteiger partial charge is 0.132 e. The van der Waals surface area contributed by atoms with Gasteiger partial charge in [0, 0.05) is 66.1 Å². The van der Waals surface area contributed by atoms with E-state index in [1.165, 1.54) is 10.6 Å². The van der Waals surface area contributed by atoms with Gasteiger partial charge in [-0.05, 0) is 61.3 Å². The molecular formula is C24H29N5S. The van der Waals surface area contributed by atoms with Crippen LogP contribution in [0.25, 0.3) is 0 Å². The molecule has 2 N–H and O–H groups in total. The minimum absolute atomic E-state index is 0.824. The second-order valence-corrected chi connectivity index (χ2v) is 8.26. The monoisotopic (exact) mass is 419 g/mol. The highest BCUT2D eigenvalue weighted by atomic mass is 32.2. The zero-order chi connectivity index (χ0) is 20.8. The number of anilines is 5. The van der Waals surface area contributed by atoms with Crippen molar-refractivity contribution >= 4 is 40.3 Å². The van der Waals surface area contributed by atoms with Crippen molar-refractivity contribution in [1.82, 2.24) is 9.88 Å². The van der Waals surface area contributed by atoms with Crippen LogP contribution < -0.4 is 15.5 Å². The number of aromatic nitrogens is 1. The third-order valence-electron chi connectivity index (χ3n) is 5.44. The number of likely N-dealkylation sites (N-methyl/N-ethyl adjacent to an activating group) is 1. The lowest BCUT2D eigenvalue weighted by Gasteiger charge is -2.35. The zero-order valence-electron chi connectivity index (χ0n) is 17.6. The van der Waals surface area contributed by atoms with Crippen molar-refractivity contribution in [2.45, 2.75) is 11.8 Å². The summed E-state index contributed by atoms with van der Waals surface area (Å²) in [5.74, 6) is 0.824. The van der Waals surface area contributed by atoms with E-state index in [4.69, 9.17) is 0 Å². The molecule has 0 atom stereocenters. The van der Waals surface area contributed by atoms with Crippen LogP contribution in [0.15, 0.2) is 71.8 Å². The molecule has 0 radical (unpaired) electrons. The molecule has 0 aliphatic carbocycles.